The molecule has 3 amide bonds. The van der Waals surface area contributed by atoms with Gasteiger partial charge in [0.25, 0.3) is 0 Å². The summed E-state index contributed by atoms with van der Waals surface area (Å²) in [5.74, 6) is -1.40. The highest BCUT2D eigenvalue weighted by Crippen LogP contribution is 2.43. The number of ether oxygens (including phenoxy) is 2. The Kier molecular flexibility index (Phi) is 9.26. The van der Waals surface area contributed by atoms with Crippen molar-refractivity contribution < 1.29 is 41.4 Å². The molecule has 3 heterocycles. The van der Waals surface area contributed by atoms with Crippen LogP contribution in [0.5, 0.6) is 0 Å². The standard InChI is InChI=1S/C29H25Cl2F4N5O5/c1-44-27(42)36-14-7-8-15-18(13-14)37-21(41)6-4-2-3-5-19(26-38-24(15)25(31)39-26)40-12-11-20(45-28(40)43)22-16(29(33,34)35)9-10-17(30)23(22)32/h2-3,7-10,13,19-20H,4-6,11-12H2,1H3,(H,36,42)(H,37,41)(H,38,39). The molecular formula is C29H25Cl2F4N5O5. The number of cyclic esters (lactones) is 1. The molecule has 2 aliphatic heterocycles. The predicted octanol–water partition coefficient (Wildman–Crippen LogP) is 8.02. The average molecular weight is 670 g/mol. The first-order valence-electron chi connectivity index (χ1n) is 13.6. The molecule has 1 fully saturated rings. The molecular weight excluding hydrogens is 645 g/mol. The van der Waals surface area contributed by atoms with Gasteiger partial charge in [-0.05, 0) is 43.2 Å². The zero-order chi connectivity index (χ0) is 32.5. The Morgan fingerprint density at radius 1 is 1.18 bits per heavy atom. The third-order valence-corrected chi connectivity index (χ3v) is 7.85. The van der Waals surface area contributed by atoms with Crippen LogP contribution < -0.4 is 10.6 Å². The molecule has 45 heavy (non-hydrogen) atoms. The molecule has 238 valence electrons. The number of amides is 3. The van der Waals surface area contributed by atoms with Crippen molar-refractivity contribution in [1.82, 2.24) is 14.9 Å². The lowest BCUT2D eigenvalue weighted by molar-refractivity contribution is -0.140. The van der Waals surface area contributed by atoms with Crippen molar-refractivity contribution >= 4 is 52.7 Å². The molecule has 5 rings (SSSR count). The van der Waals surface area contributed by atoms with Crippen LogP contribution in [-0.4, -0.2) is 46.6 Å². The molecule has 2 bridgehead atoms. The second-order valence-corrected chi connectivity index (χ2v) is 10.9. The van der Waals surface area contributed by atoms with Crippen LogP contribution in [0.1, 0.15) is 54.8 Å². The van der Waals surface area contributed by atoms with Crippen LogP contribution in [0.2, 0.25) is 10.2 Å². The third-order valence-electron chi connectivity index (χ3n) is 7.28. The number of allylic oxidation sites excluding steroid dienone is 1. The number of nitrogens with zero attached hydrogens (tertiary/aromatic N) is 2. The minimum Gasteiger partial charge on any atom is -0.453 e. The van der Waals surface area contributed by atoms with Crippen molar-refractivity contribution in [2.24, 2.45) is 0 Å². The van der Waals surface area contributed by atoms with E-state index in [9.17, 15) is 31.9 Å². The summed E-state index contributed by atoms with van der Waals surface area (Å²) in [6.07, 6.45) is -4.24. The second kappa shape index (κ2) is 13.0. The van der Waals surface area contributed by atoms with Gasteiger partial charge in [0.2, 0.25) is 5.91 Å². The van der Waals surface area contributed by atoms with Gasteiger partial charge in [0.05, 0.1) is 29.4 Å². The van der Waals surface area contributed by atoms with Crippen molar-refractivity contribution in [3.05, 3.63) is 75.4 Å². The minimum atomic E-state index is -4.91. The zero-order valence-electron chi connectivity index (χ0n) is 23.4. The van der Waals surface area contributed by atoms with Gasteiger partial charge in [-0.25, -0.2) is 19.0 Å². The van der Waals surface area contributed by atoms with Crippen molar-refractivity contribution in [2.75, 3.05) is 24.3 Å². The van der Waals surface area contributed by atoms with Crippen molar-refractivity contribution in [1.29, 1.82) is 0 Å². The Bertz CT molecular complexity index is 1680. The molecule has 1 aromatic heterocycles. The minimum absolute atomic E-state index is 0.0688. The maximum absolute atomic E-state index is 14.9. The number of alkyl halides is 3. The fraction of sp³-hybridized carbons (Fsp3) is 0.310. The number of carbonyl (C=O) groups excluding carboxylic acids is 3. The Balaban J connectivity index is 1.49. The number of fused-ring (bicyclic) bond motifs is 4. The molecule has 0 radical (unpaired) electrons. The van der Waals surface area contributed by atoms with Gasteiger partial charge in [0, 0.05) is 36.2 Å². The van der Waals surface area contributed by atoms with Crippen LogP contribution >= 0.6 is 23.2 Å². The van der Waals surface area contributed by atoms with Gasteiger partial charge in [-0.3, -0.25) is 15.0 Å². The lowest BCUT2D eigenvalue weighted by Gasteiger charge is -2.36. The molecule has 1 saturated heterocycles. The van der Waals surface area contributed by atoms with E-state index in [0.717, 1.165) is 6.07 Å². The summed E-state index contributed by atoms with van der Waals surface area (Å²) in [4.78, 5) is 46.6. The van der Waals surface area contributed by atoms with Crippen LogP contribution in [0, 0.1) is 5.82 Å². The monoisotopic (exact) mass is 669 g/mol. The molecule has 0 saturated carbocycles. The highest BCUT2D eigenvalue weighted by atomic mass is 35.5. The van der Waals surface area contributed by atoms with E-state index < -0.39 is 52.5 Å². The molecule has 3 N–H and O–H groups in total. The van der Waals surface area contributed by atoms with Gasteiger partial charge in [-0.2, -0.15) is 13.2 Å². The number of aromatic nitrogens is 2. The number of aromatic amines is 1. The Morgan fingerprint density at radius 2 is 1.96 bits per heavy atom. The third kappa shape index (κ3) is 6.86. The molecule has 0 aliphatic carbocycles. The SMILES string of the molecule is COC(=O)Nc1ccc2c(c1)NC(=O)CCC=CCC(N1CCC(c3c(C(F)(F)F)ccc(Cl)c3F)OC1=O)c1nc-2c(Cl)[nH]1. The van der Waals surface area contributed by atoms with Crippen LogP contribution in [0.3, 0.4) is 0 Å². The quantitative estimate of drug-likeness (QED) is 0.192. The van der Waals surface area contributed by atoms with E-state index in [-0.39, 0.29) is 54.1 Å². The van der Waals surface area contributed by atoms with E-state index in [1.165, 1.54) is 18.1 Å². The van der Waals surface area contributed by atoms with Crippen LogP contribution in [-0.2, 0) is 20.4 Å². The summed E-state index contributed by atoms with van der Waals surface area (Å²) in [6, 6.07) is 5.27. The number of nitrogens with one attached hydrogen (secondary N) is 3. The Labute approximate surface area is 263 Å². The normalized spacial score (nSPS) is 19.0. The number of carbonyl (C=O) groups is 3. The molecule has 2 aliphatic rings. The smallest absolute Gasteiger partial charge is 0.416 e. The molecule has 10 nitrogen and oxygen atoms in total. The highest BCUT2D eigenvalue weighted by molar-refractivity contribution is 6.32. The molecule has 2 atom stereocenters. The number of benzene rings is 2. The number of anilines is 2. The summed E-state index contributed by atoms with van der Waals surface area (Å²) in [6.45, 7) is -0.113. The zero-order valence-corrected chi connectivity index (χ0v) is 24.9. The summed E-state index contributed by atoms with van der Waals surface area (Å²) < 4.78 is 66.1. The lowest BCUT2D eigenvalue weighted by atomic mass is 9.97. The van der Waals surface area contributed by atoms with Gasteiger partial charge in [-0.1, -0.05) is 35.4 Å². The van der Waals surface area contributed by atoms with E-state index in [1.807, 2.05) is 0 Å². The maximum atomic E-state index is 14.9. The second-order valence-electron chi connectivity index (χ2n) is 10.1. The van der Waals surface area contributed by atoms with Crippen LogP contribution in [0.25, 0.3) is 11.3 Å². The van der Waals surface area contributed by atoms with Crippen molar-refractivity contribution in [3.8, 4) is 11.3 Å². The van der Waals surface area contributed by atoms with E-state index >= 15 is 0 Å². The Hall–Kier alpha value is -4.30. The van der Waals surface area contributed by atoms with Gasteiger partial charge >= 0.3 is 18.4 Å². The number of halogens is 6. The van der Waals surface area contributed by atoms with Gasteiger partial charge < -0.3 is 19.8 Å². The van der Waals surface area contributed by atoms with Crippen molar-refractivity contribution in [3.63, 3.8) is 0 Å². The maximum Gasteiger partial charge on any atom is 0.416 e. The topological polar surface area (TPSA) is 126 Å². The molecule has 0 spiro atoms. The number of rotatable bonds is 3. The number of imidazole rings is 1. The first-order valence-corrected chi connectivity index (χ1v) is 14.3. The average Bonchev–Trinajstić information content (AvgIpc) is 3.36. The van der Waals surface area contributed by atoms with Crippen molar-refractivity contribution in [2.45, 2.75) is 44.0 Å². The Morgan fingerprint density at radius 3 is 2.67 bits per heavy atom. The van der Waals surface area contributed by atoms with Gasteiger partial charge in [-0.15, -0.1) is 0 Å². The van der Waals surface area contributed by atoms with E-state index in [4.69, 9.17) is 27.9 Å². The van der Waals surface area contributed by atoms with E-state index in [2.05, 4.69) is 25.3 Å². The number of hydrogen-bond donors (Lipinski definition) is 3. The summed E-state index contributed by atoms with van der Waals surface area (Å²) in [5, 5.41) is 4.86. The molecule has 3 aromatic rings. The number of hydrogen-bond acceptors (Lipinski definition) is 6. The molecule has 16 heteroatoms. The fourth-order valence-electron chi connectivity index (χ4n) is 5.17. The lowest BCUT2D eigenvalue weighted by Crippen LogP contribution is -2.42. The predicted molar refractivity (Wildman–Crippen MR) is 156 cm³/mol. The first-order chi connectivity index (χ1) is 21.4. The van der Waals surface area contributed by atoms with Crippen LogP contribution in [0.4, 0.5) is 38.5 Å². The molecule has 2 unspecified atom stereocenters. The first kappa shape index (κ1) is 32.1. The summed E-state index contributed by atoms with van der Waals surface area (Å²) >= 11 is 12.4. The molecule has 2 aromatic carbocycles. The van der Waals surface area contributed by atoms with Crippen LogP contribution in [0.15, 0.2) is 42.5 Å². The van der Waals surface area contributed by atoms with E-state index in [0.29, 0.717) is 23.7 Å². The highest BCUT2D eigenvalue weighted by Gasteiger charge is 2.42. The largest absolute Gasteiger partial charge is 0.453 e. The number of H-pyrrole nitrogens is 1. The summed E-state index contributed by atoms with van der Waals surface area (Å²) in [5.41, 5.74) is -0.887. The van der Waals surface area contributed by atoms with E-state index in [1.54, 1.807) is 24.3 Å². The van der Waals surface area contributed by atoms with Gasteiger partial charge in [0.1, 0.15) is 28.6 Å². The number of methoxy groups -OCH3 is 1. The summed E-state index contributed by atoms with van der Waals surface area (Å²) in [7, 11) is 1.20. The fourth-order valence-corrected chi connectivity index (χ4v) is 5.58. The van der Waals surface area contributed by atoms with Gasteiger partial charge in [0.15, 0.2) is 0 Å².